The van der Waals surface area contributed by atoms with Crippen molar-refractivity contribution >= 4 is 17.4 Å². The number of aliphatic hydroxyl groups excluding tert-OH is 1. The third kappa shape index (κ3) is 4.46. The summed E-state index contributed by atoms with van der Waals surface area (Å²) in [5, 5.41) is 11.4. The third-order valence-electron chi connectivity index (χ3n) is 6.50. The van der Waals surface area contributed by atoms with E-state index >= 15 is 0 Å². The Morgan fingerprint density at radius 1 is 1.14 bits per heavy atom. The second kappa shape index (κ2) is 10.3. The molecule has 2 aliphatic heterocycles. The zero-order valence-electron chi connectivity index (χ0n) is 20.6. The summed E-state index contributed by atoms with van der Waals surface area (Å²) >= 11 is 0. The molecule has 3 heterocycles. The first-order valence-electron chi connectivity index (χ1n) is 11.9. The van der Waals surface area contributed by atoms with Crippen LogP contribution in [-0.2, 0) is 16.1 Å². The summed E-state index contributed by atoms with van der Waals surface area (Å²) in [5.74, 6) is 0.0974. The number of carbonyl (C=O) groups is 2. The number of H-pyrrole nitrogens is 1. The standard InChI is InChI=1S/C27H27N3O7/c1-34-20-6-3-5-18(26(20)35-2)23-22(24(31)17-7-8-19-21(15-17)37-14-13-36-19)25(32)27(33)30(23)11-4-10-29-12-9-28-16-29/h3,5-9,12,15-16,23H,4,10-11,13-14H2,1-2H3,(H,31,32)/p+1. The molecule has 2 N–H and O–H groups in total. The molecule has 0 radical (unpaired) electrons. The first-order chi connectivity index (χ1) is 18.0. The van der Waals surface area contributed by atoms with Gasteiger partial charge in [-0.3, -0.25) is 14.6 Å². The molecule has 10 heteroatoms. The molecule has 1 saturated heterocycles. The number of aliphatic hydroxyl groups is 1. The molecule has 5 rings (SSSR count). The molecule has 1 fully saturated rings. The number of fused-ring (bicyclic) bond motifs is 1. The molecule has 3 aromatic rings. The van der Waals surface area contributed by atoms with E-state index in [1.165, 1.54) is 19.1 Å². The lowest BCUT2D eigenvalue weighted by atomic mass is 9.94. The quantitative estimate of drug-likeness (QED) is 0.209. The highest BCUT2D eigenvalue weighted by Crippen LogP contribution is 2.46. The number of nitrogens with one attached hydrogen (secondary N) is 1. The number of aromatic amines is 1. The molecule has 1 atom stereocenters. The zero-order chi connectivity index (χ0) is 25.9. The Bertz CT molecular complexity index is 1350. The SMILES string of the molecule is COc1cccc(C2C(=C(O)c3ccc4c(c3)OCCO4)C(=O)C(=O)N2CCC[n+]2cc[nH]c2)c1OC. The number of methoxy groups -OCH3 is 2. The molecule has 2 aliphatic rings. The van der Waals surface area contributed by atoms with Gasteiger partial charge >= 0.3 is 0 Å². The summed E-state index contributed by atoms with van der Waals surface area (Å²) < 4.78 is 24.3. The van der Waals surface area contributed by atoms with Crippen LogP contribution in [0.2, 0.25) is 0 Å². The summed E-state index contributed by atoms with van der Waals surface area (Å²) in [6.45, 7) is 1.73. The topological polar surface area (TPSA) is 114 Å². The smallest absolute Gasteiger partial charge is 0.295 e. The normalized spacial score (nSPS) is 18.2. The Morgan fingerprint density at radius 2 is 1.95 bits per heavy atom. The van der Waals surface area contributed by atoms with Crippen molar-refractivity contribution in [3.05, 3.63) is 71.8 Å². The van der Waals surface area contributed by atoms with Crippen LogP contribution in [0.15, 0.2) is 60.7 Å². The minimum absolute atomic E-state index is 0.0254. The van der Waals surface area contributed by atoms with Gasteiger partial charge < -0.3 is 29.0 Å². The van der Waals surface area contributed by atoms with Crippen LogP contribution in [-0.4, -0.2) is 60.7 Å². The molecular formula is C27H28N3O7+. The van der Waals surface area contributed by atoms with Gasteiger partial charge in [-0.2, -0.15) is 0 Å². The van der Waals surface area contributed by atoms with Crippen LogP contribution < -0.4 is 23.5 Å². The molecule has 0 saturated carbocycles. The molecule has 10 nitrogen and oxygen atoms in total. The number of Topliss-reactive ketones (excluding diaryl/α,β-unsaturated/α-hetero) is 1. The second-order valence-corrected chi connectivity index (χ2v) is 8.64. The van der Waals surface area contributed by atoms with E-state index in [4.69, 9.17) is 18.9 Å². The van der Waals surface area contributed by atoms with Crippen molar-refractivity contribution in [2.45, 2.75) is 19.0 Å². The van der Waals surface area contributed by atoms with Crippen molar-refractivity contribution < 1.29 is 38.2 Å². The second-order valence-electron chi connectivity index (χ2n) is 8.64. The van der Waals surface area contributed by atoms with Crippen molar-refractivity contribution in [2.75, 3.05) is 34.0 Å². The van der Waals surface area contributed by atoms with E-state index in [1.54, 1.807) is 42.6 Å². The van der Waals surface area contributed by atoms with Crippen molar-refractivity contribution in [3.63, 3.8) is 0 Å². The fourth-order valence-corrected chi connectivity index (χ4v) is 4.79. The molecule has 37 heavy (non-hydrogen) atoms. The summed E-state index contributed by atoms with van der Waals surface area (Å²) in [5.41, 5.74) is 0.856. The number of amides is 1. The Kier molecular flexibility index (Phi) is 6.72. The van der Waals surface area contributed by atoms with E-state index in [1.807, 2.05) is 17.1 Å². The van der Waals surface area contributed by atoms with Crippen LogP contribution in [0.3, 0.4) is 0 Å². The fourth-order valence-electron chi connectivity index (χ4n) is 4.79. The van der Waals surface area contributed by atoms with Gasteiger partial charge in [0, 0.05) is 24.1 Å². The number of hydrogen-bond acceptors (Lipinski definition) is 7. The van der Waals surface area contributed by atoms with Crippen molar-refractivity contribution in [2.24, 2.45) is 0 Å². The number of para-hydroxylation sites is 1. The van der Waals surface area contributed by atoms with E-state index in [9.17, 15) is 14.7 Å². The number of aromatic nitrogens is 2. The number of ketones is 1. The Labute approximate surface area is 213 Å². The summed E-state index contributed by atoms with van der Waals surface area (Å²) in [6, 6.07) is 9.30. The summed E-state index contributed by atoms with van der Waals surface area (Å²) in [7, 11) is 3.01. The zero-order valence-corrected chi connectivity index (χ0v) is 20.6. The Morgan fingerprint density at radius 3 is 2.68 bits per heavy atom. The lowest BCUT2D eigenvalue weighted by Crippen LogP contribution is -2.36. The van der Waals surface area contributed by atoms with Gasteiger partial charge in [-0.1, -0.05) is 12.1 Å². The molecule has 0 spiro atoms. The maximum atomic E-state index is 13.4. The van der Waals surface area contributed by atoms with Crippen LogP contribution >= 0.6 is 0 Å². The van der Waals surface area contributed by atoms with E-state index in [0.29, 0.717) is 60.3 Å². The third-order valence-corrected chi connectivity index (χ3v) is 6.50. The average Bonchev–Trinajstić information content (AvgIpc) is 3.54. The van der Waals surface area contributed by atoms with Crippen molar-refractivity contribution in [1.82, 2.24) is 9.88 Å². The largest absolute Gasteiger partial charge is 0.507 e. The summed E-state index contributed by atoms with van der Waals surface area (Å²) in [4.78, 5) is 31.2. The van der Waals surface area contributed by atoms with Gasteiger partial charge in [-0.05, 0) is 24.3 Å². The van der Waals surface area contributed by atoms with Crippen molar-refractivity contribution in [1.29, 1.82) is 0 Å². The van der Waals surface area contributed by atoms with E-state index in [0.717, 1.165) is 0 Å². The number of nitrogens with zero attached hydrogens (tertiary/aromatic N) is 2. The molecule has 2 aromatic carbocycles. The van der Waals surface area contributed by atoms with E-state index < -0.39 is 17.7 Å². The number of likely N-dealkylation sites (tertiary alicyclic amines) is 1. The maximum absolute atomic E-state index is 13.4. The van der Waals surface area contributed by atoms with Crippen molar-refractivity contribution in [3.8, 4) is 23.0 Å². The number of ether oxygens (including phenoxy) is 4. The maximum Gasteiger partial charge on any atom is 0.295 e. The van der Waals surface area contributed by atoms with E-state index in [-0.39, 0.29) is 17.9 Å². The van der Waals surface area contributed by atoms with Gasteiger partial charge in [0.05, 0.1) is 32.4 Å². The number of imidazole rings is 1. The molecule has 1 aromatic heterocycles. The van der Waals surface area contributed by atoms with E-state index in [2.05, 4.69) is 4.98 Å². The van der Waals surface area contributed by atoms with Crippen LogP contribution in [0, 0.1) is 0 Å². The molecule has 192 valence electrons. The first kappa shape index (κ1) is 24.2. The monoisotopic (exact) mass is 506 g/mol. The molecule has 1 unspecified atom stereocenters. The molecule has 1 amide bonds. The first-order valence-corrected chi connectivity index (χ1v) is 11.9. The van der Waals surface area contributed by atoms with Gasteiger partial charge in [0.25, 0.3) is 11.7 Å². The van der Waals surface area contributed by atoms with Gasteiger partial charge in [-0.25, -0.2) is 4.57 Å². The average molecular weight is 507 g/mol. The van der Waals surface area contributed by atoms with Gasteiger partial charge in [-0.15, -0.1) is 0 Å². The summed E-state index contributed by atoms with van der Waals surface area (Å²) in [6.07, 6.45) is 6.10. The highest BCUT2D eigenvalue weighted by Gasteiger charge is 2.47. The van der Waals surface area contributed by atoms with Crippen LogP contribution in [0.5, 0.6) is 23.0 Å². The molecule has 0 bridgehead atoms. The van der Waals surface area contributed by atoms with Crippen LogP contribution in [0.4, 0.5) is 0 Å². The minimum Gasteiger partial charge on any atom is -0.507 e. The lowest BCUT2D eigenvalue weighted by Gasteiger charge is -2.27. The lowest BCUT2D eigenvalue weighted by molar-refractivity contribution is -0.695. The number of aryl methyl sites for hydroxylation is 1. The number of hydrogen-bond donors (Lipinski definition) is 2. The fraction of sp³-hybridized carbons (Fsp3) is 0.296. The number of carbonyl (C=O) groups excluding carboxylic acids is 2. The number of rotatable bonds is 8. The molecular weight excluding hydrogens is 478 g/mol. The molecule has 0 aliphatic carbocycles. The Balaban J connectivity index is 1.60. The highest BCUT2D eigenvalue weighted by molar-refractivity contribution is 6.46. The minimum atomic E-state index is -0.880. The van der Waals surface area contributed by atoms with Gasteiger partial charge in [0.2, 0.25) is 6.33 Å². The predicted molar refractivity (Wildman–Crippen MR) is 132 cm³/mol. The van der Waals surface area contributed by atoms with Gasteiger partial charge in [0.15, 0.2) is 23.0 Å². The van der Waals surface area contributed by atoms with Crippen LogP contribution in [0.25, 0.3) is 5.76 Å². The van der Waals surface area contributed by atoms with Gasteiger partial charge in [0.1, 0.15) is 31.4 Å². The number of benzene rings is 2. The highest BCUT2D eigenvalue weighted by atomic mass is 16.6. The predicted octanol–water partition coefficient (Wildman–Crippen LogP) is 2.60. The van der Waals surface area contributed by atoms with Crippen LogP contribution in [0.1, 0.15) is 23.6 Å². The Hall–Kier alpha value is -4.47.